The molecule has 7 aromatic carbocycles. The Bertz CT molecular complexity index is 3510. The number of aromatic nitrogens is 1. The highest BCUT2D eigenvalue weighted by Gasteiger charge is 2.42. The van der Waals surface area contributed by atoms with Gasteiger partial charge in [-0.05, 0) is 152 Å². The van der Waals surface area contributed by atoms with Gasteiger partial charge in [0, 0.05) is 77.0 Å². The van der Waals surface area contributed by atoms with E-state index in [1.165, 1.54) is 92.5 Å². The highest BCUT2D eigenvalue weighted by molar-refractivity contribution is 7.25. The Morgan fingerprint density at radius 2 is 0.814 bits per heavy atom. The summed E-state index contributed by atoms with van der Waals surface area (Å²) in [4.78, 5) is 6.22. The molecule has 0 spiro atoms. The summed E-state index contributed by atoms with van der Waals surface area (Å²) in [6.07, 6.45) is 0. The summed E-state index contributed by atoms with van der Waals surface area (Å²) in [6, 6.07) is 56.2. The maximum Gasteiger partial charge on any atom is 0.109 e. The van der Waals surface area contributed by atoms with Gasteiger partial charge in [-0.3, -0.25) is 0 Å². The average molecular weight is 936 g/mol. The minimum Gasteiger partial charge on any atom is -0.310 e. The summed E-state index contributed by atoms with van der Waals surface area (Å²) < 4.78 is 3.97. The zero-order chi connectivity index (χ0) is 49.6. The van der Waals surface area contributed by atoms with Crippen LogP contribution in [-0.2, 0) is 27.1 Å². The predicted octanol–water partition coefficient (Wildman–Crippen LogP) is 19.6. The van der Waals surface area contributed by atoms with Crippen molar-refractivity contribution in [3.8, 4) is 11.1 Å². The first-order valence-corrected chi connectivity index (χ1v) is 26.2. The largest absolute Gasteiger partial charge is 0.310 e. The zero-order valence-corrected chi connectivity index (χ0v) is 44.9. The zero-order valence-electron chi connectivity index (χ0n) is 44.1. The smallest absolute Gasteiger partial charge is 0.109 e. The Labute approximate surface area is 420 Å². The van der Waals surface area contributed by atoms with Crippen molar-refractivity contribution in [1.29, 1.82) is 0 Å². The van der Waals surface area contributed by atoms with Crippen LogP contribution in [0.4, 0.5) is 34.1 Å². The van der Waals surface area contributed by atoms with Crippen LogP contribution >= 0.6 is 11.3 Å². The fourth-order valence-electron chi connectivity index (χ4n) is 11.3. The van der Waals surface area contributed by atoms with E-state index in [4.69, 9.17) is 0 Å². The fourth-order valence-corrected chi connectivity index (χ4v) is 12.6. The van der Waals surface area contributed by atoms with Crippen LogP contribution in [0.2, 0.25) is 0 Å². The van der Waals surface area contributed by atoms with E-state index < -0.39 is 0 Å². The molecule has 0 unspecified atom stereocenters. The Morgan fingerprint density at radius 1 is 0.429 bits per heavy atom. The monoisotopic (exact) mass is 936 g/mol. The van der Waals surface area contributed by atoms with Crippen LogP contribution < -0.4 is 9.80 Å². The predicted molar refractivity (Wildman–Crippen MR) is 305 cm³/mol. The number of fused-ring (bicyclic) bond motifs is 10. The Kier molecular flexibility index (Phi) is 10.2. The molecule has 1 aliphatic carbocycles. The minimum absolute atomic E-state index is 0.0698. The van der Waals surface area contributed by atoms with Crippen molar-refractivity contribution in [3.63, 3.8) is 0 Å². The summed E-state index contributed by atoms with van der Waals surface area (Å²) in [5, 5.41) is 5.39. The number of rotatable bonds is 6. The Hall–Kier alpha value is -6.36. The van der Waals surface area contributed by atoms with E-state index in [1.807, 2.05) is 11.3 Å². The van der Waals surface area contributed by atoms with E-state index in [1.54, 1.807) is 0 Å². The van der Waals surface area contributed by atoms with Crippen LogP contribution in [0.5, 0.6) is 0 Å². The molecule has 10 aromatic rings. The van der Waals surface area contributed by atoms with Gasteiger partial charge in [0.15, 0.2) is 0 Å². The SMILES string of the molecule is Cc1cc2c3c(n4c5sc6cc(N(c7ccc(C(C)(C)C)cc7)c7ccc(C(C)(C)C)cc7)ccc6c5c(c1)c24)C(C)(C)c1cc(N(c2ccc(C(C)(C)C)cc2)c2ccc(C(C)(C)C)cc2)ccc1-3. The summed E-state index contributed by atoms with van der Waals surface area (Å²) in [5.41, 5.74) is 20.4. The third-order valence-corrected chi connectivity index (χ3v) is 16.5. The Balaban J connectivity index is 1.07. The van der Waals surface area contributed by atoms with Gasteiger partial charge in [-0.1, -0.05) is 158 Å². The van der Waals surface area contributed by atoms with Crippen molar-refractivity contribution in [3.05, 3.63) is 185 Å². The summed E-state index contributed by atoms with van der Waals surface area (Å²) in [5.74, 6) is 0. The van der Waals surface area contributed by atoms with E-state index in [2.05, 4.69) is 264 Å². The van der Waals surface area contributed by atoms with E-state index in [-0.39, 0.29) is 27.1 Å². The van der Waals surface area contributed by atoms with Crippen LogP contribution in [0.15, 0.2) is 146 Å². The van der Waals surface area contributed by atoms with Gasteiger partial charge in [-0.2, -0.15) is 0 Å². The molecule has 0 amide bonds. The molecule has 70 heavy (non-hydrogen) atoms. The number of benzene rings is 7. The van der Waals surface area contributed by atoms with E-state index in [0.717, 1.165) is 28.4 Å². The third kappa shape index (κ3) is 7.35. The summed E-state index contributed by atoms with van der Waals surface area (Å²) in [7, 11) is 0. The molecule has 0 saturated heterocycles. The van der Waals surface area contributed by atoms with Gasteiger partial charge in [0.25, 0.3) is 0 Å². The molecule has 0 bridgehead atoms. The number of aryl methyl sites for hydroxylation is 1. The van der Waals surface area contributed by atoms with E-state index >= 15 is 0 Å². The molecule has 0 saturated carbocycles. The molecule has 0 radical (unpaired) electrons. The quantitative estimate of drug-likeness (QED) is 0.165. The molecule has 3 heterocycles. The fraction of sp³-hybridized carbons (Fsp3) is 0.303. The van der Waals surface area contributed by atoms with Gasteiger partial charge in [-0.25, -0.2) is 0 Å². The van der Waals surface area contributed by atoms with E-state index in [9.17, 15) is 0 Å². The molecule has 0 aliphatic heterocycles. The van der Waals surface area contributed by atoms with Gasteiger partial charge in [0.2, 0.25) is 0 Å². The number of hydrogen-bond acceptors (Lipinski definition) is 3. The second-order valence-electron chi connectivity index (χ2n) is 24.9. The van der Waals surface area contributed by atoms with Crippen molar-refractivity contribution in [1.82, 2.24) is 4.40 Å². The van der Waals surface area contributed by atoms with Crippen LogP contribution in [0.25, 0.3) is 47.7 Å². The summed E-state index contributed by atoms with van der Waals surface area (Å²) in [6.45, 7) is 34.6. The lowest BCUT2D eigenvalue weighted by Crippen LogP contribution is -2.19. The first-order chi connectivity index (χ1) is 32.9. The van der Waals surface area contributed by atoms with Gasteiger partial charge in [-0.15, -0.1) is 11.3 Å². The van der Waals surface area contributed by atoms with Crippen LogP contribution in [-0.4, -0.2) is 4.40 Å². The highest BCUT2D eigenvalue weighted by atomic mass is 32.1. The third-order valence-electron chi connectivity index (χ3n) is 15.4. The number of anilines is 6. The van der Waals surface area contributed by atoms with Crippen molar-refractivity contribution in [2.45, 2.75) is 131 Å². The van der Waals surface area contributed by atoms with Crippen molar-refractivity contribution >= 4 is 82.1 Å². The topological polar surface area (TPSA) is 10.9 Å². The maximum atomic E-state index is 2.67. The standard InChI is InChI=1S/C66H69N3S/c1-40-36-53-57-51-34-32-49(67(45-24-16-41(17-25-45)62(2,3)4)46-26-18-42(19-27-46)63(5,6)7)38-55(51)66(14,15)60(57)69-59(53)54(37-40)58-52-35-33-50(39-56(52)70-61(58)69)68(47-28-20-43(21-29-47)64(8,9)10)48-30-22-44(23-31-48)65(11,12)13/h16-39H,1-15H3. The second-order valence-corrected chi connectivity index (χ2v) is 26.0. The molecule has 3 nitrogen and oxygen atoms in total. The molecule has 0 fully saturated rings. The molecule has 354 valence electrons. The molecule has 0 atom stereocenters. The van der Waals surface area contributed by atoms with Crippen molar-refractivity contribution < 1.29 is 0 Å². The average Bonchev–Trinajstić information content (AvgIpc) is 3.99. The summed E-state index contributed by atoms with van der Waals surface area (Å²) >= 11 is 1.94. The lowest BCUT2D eigenvalue weighted by molar-refractivity contribution is 0.590. The number of hydrogen-bond donors (Lipinski definition) is 0. The van der Waals surface area contributed by atoms with E-state index in [0.29, 0.717) is 0 Å². The normalized spacial score (nSPS) is 14.0. The second kappa shape index (κ2) is 15.6. The lowest BCUT2D eigenvalue weighted by atomic mass is 9.84. The first-order valence-electron chi connectivity index (χ1n) is 25.3. The van der Waals surface area contributed by atoms with Crippen molar-refractivity contribution in [2.75, 3.05) is 9.80 Å². The van der Waals surface area contributed by atoms with Gasteiger partial charge in [0.05, 0.1) is 5.52 Å². The van der Waals surface area contributed by atoms with Gasteiger partial charge >= 0.3 is 0 Å². The first kappa shape index (κ1) is 46.0. The van der Waals surface area contributed by atoms with Crippen LogP contribution in [0.1, 0.15) is 136 Å². The van der Waals surface area contributed by atoms with Crippen LogP contribution in [0.3, 0.4) is 0 Å². The number of thiophene rings is 1. The molecule has 3 aromatic heterocycles. The lowest BCUT2D eigenvalue weighted by Gasteiger charge is -2.29. The molecular weight excluding hydrogens is 867 g/mol. The van der Waals surface area contributed by atoms with Gasteiger partial charge in [0.1, 0.15) is 4.83 Å². The molecule has 4 heteroatoms. The molecule has 11 rings (SSSR count). The molecule has 0 N–H and O–H groups in total. The van der Waals surface area contributed by atoms with Crippen LogP contribution in [0, 0.1) is 6.92 Å². The maximum absolute atomic E-state index is 2.67. The molecule has 1 aliphatic rings. The molecular formula is C66H69N3S. The minimum atomic E-state index is -0.277. The van der Waals surface area contributed by atoms with Crippen molar-refractivity contribution in [2.24, 2.45) is 0 Å². The number of nitrogens with zero attached hydrogens (tertiary/aromatic N) is 3. The Morgan fingerprint density at radius 3 is 1.24 bits per heavy atom. The van der Waals surface area contributed by atoms with Gasteiger partial charge < -0.3 is 14.2 Å². The highest BCUT2D eigenvalue weighted by Crippen LogP contribution is 2.58.